The summed E-state index contributed by atoms with van der Waals surface area (Å²) in [4.78, 5) is 1.19. The fourth-order valence-corrected chi connectivity index (χ4v) is 3.25. The Morgan fingerprint density at radius 3 is 2.12 bits per heavy atom. The van der Waals surface area contributed by atoms with Gasteiger partial charge in [-0.15, -0.1) is 11.8 Å². The van der Waals surface area contributed by atoms with Gasteiger partial charge >= 0.3 is 0 Å². The number of hydrogen-bond donors (Lipinski definition) is 0. The minimum absolute atomic E-state index is 0.843. The van der Waals surface area contributed by atoms with Gasteiger partial charge in [0.25, 0.3) is 0 Å². The number of allylic oxidation sites excluding steroid dienone is 1. The Kier molecular flexibility index (Phi) is 8.01. The quantitative estimate of drug-likeness (QED) is 0.475. The second-order valence-corrected chi connectivity index (χ2v) is 6.57. The first-order valence-electron chi connectivity index (χ1n) is 8.39. The zero-order valence-corrected chi connectivity index (χ0v) is 15.9. The molecule has 0 fully saturated rings. The Labute approximate surface area is 155 Å². The van der Waals surface area contributed by atoms with E-state index >= 15 is 0 Å². The van der Waals surface area contributed by atoms with E-state index in [1.807, 2.05) is 54.2 Å². The molecule has 2 rings (SSSR count). The van der Waals surface area contributed by atoms with Gasteiger partial charge in [0.2, 0.25) is 0 Å². The van der Waals surface area contributed by atoms with E-state index in [0.29, 0.717) is 0 Å². The maximum Gasteiger partial charge on any atom is 0.118 e. The average Bonchev–Trinajstić information content (AvgIpc) is 2.67. The summed E-state index contributed by atoms with van der Waals surface area (Å²) in [5.41, 5.74) is 2.15. The van der Waals surface area contributed by atoms with Crippen LogP contribution in [0.1, 0.15) is 30.9 Å². The van der Waals surface area contributed by atoms with Crippen molar-refractivity contribution in [2.75, 3.05) is 20.0 Å². The lowest BCUT2D eigenvalue weighted by molar-refractivity contribution is 0.414. The number of hydrogen-bond acceptors (Lipinski definition) is 3. The molecule has 2 aromatic rings. The Balaban J connectivity index is 2.18. The molecule has 0 N–H and O–H groups in total. The molecule has 0 aromatic heterocycles. The molecule has 0 saturated heterocycles. The van der Waals surface area contributed by atoms with Crippen LogP contribution in [0.25, 0.3) is 4.91 Å². The van der Waals surface area contributed by atoms with Gasteiger partial charge in [-0.05, 0) is 54.1 Å². The van der Waals surface area contributed by atoms with Crippen molar-refractivity contribution in [2.24, 2.45) is 0 Å². The molecule has 2 nitrogen and oxygen atoms in total. The molecule has 0 saturated carbocycles. The summed E-state index contributed by atoms with van der Waals surface area (Å²) in [7, 11) is 3.35. The van der Waals surface area contributed by atoms with Crippen molar-refractivity contribution in [3.8, 4) is 23.3 Å². The maximum absolute atomic E-state index is 5.24. The van der Waals surface area contributed by atoms with Crippen LogP contribution in [0.2, 0.25) is 0 Å². The third kappa shape index (κ3) is 6.25. The highest BCUT2D eigenvalue weighted by atomic mass is 32.2. The summed E-state index contributed by atoms with van der Waals surface area (Å²) in [6, 6.07) is 15.9. The maximum atomic E-state index is 5.24. The number of ether oxygens (including phenoxy) is 2. The Bertz CT molecular complexity index is 734. The lowest BCUT2D eigenvalue weighted by atomic mass is 10.2. The lowest BCUT2D eigenvalue weighted by Gasteiger charge is -2.07. The van der Waals surface area contributed by atoms with Crippen LogP contribution in [0, 0.1) is 11.8 Å². The second kappa shape index (κ2) is 10.5. The molecule has 0 amide bonds. The smallest absolute Gasteiger partial charge is 0.118 e. The number of methoxy groups -OCH3 is 2. The SMILES string of the molecule is CCCCS/C(=C\C#Cc1ccc(OC)cc1)c1ccc(OC)cc1. The highest BCUT2D eigenvalue weighted by Crippen LogP contribution is 2.29. The van der Waals surface area contributed by atoms with E-state index in [-0.39, 0.29) is 0 Å². The third-order valence-electron chi connectivity index (χ3n) is 3.64. The van der Waals surface area contributed by atoms with Crippen molar-refractivity contribution in [3.05, 3.63) is 65.7 Å². The van der Waals surface area contributed by atoms with Crippen molar-refractivity contribution < 1.29 is 9.47 Å². The second-order valence-electron chi connectivity index (χ2n) is 5.44. The van der Waals surface area contributed by atoms with Gasteiger partial charge in [0.1, 0.15) is 11.5 Å². The minimum Gasteiger partial charge on any atom is -0.497 e. The summed E-state index contributed by atoms with van der Waals surface area (Å²) in [5.74, 6) is 9.18. The molecule has 0 spiro atoms. The van der Waals surface area contributed by atoms with E-state index in [1.165, 1.54) is 23.3 Å². The first kappa shape index (κ1) is 19.0. The molecule has 0 bridgehead atoms. The van der Waals surface area contributed by atoms with E-state index in [4.69, 9.17) is 9.47 Å². The normalized spacial score (nSPS) is 10.8. The van der Waals surface area contributed by atoms with Gasteiger partial charge in [-0.2, -0.15) is 0 Å². The van der Waals surface area contributed by atoms with Gasteiger partial charge in [0.05, 0.1) is 14.2 Å². The molecular weight excluding hydrogens is 328 g/mol. The van der Waals surface area contributed by atoms with Crippen LogP contribution >= 0.6 is 11.8 Å². The monoisotopic (exact) mass is 352 g/mol. The molecule has 0 aliphatic rings. The van der Waals surface area contributed by atoms with Crippen LogP contribution in [-0.2, 0) is 0 Å². The predicted molar refractivity (Wildman–Crippen MR) is 108 cm³/mol. The molecule has 25 heavy (non-hydrogen) atoms. The fourth-order valence-electron chi connectivity index (χ4n) is 2.15. The van der Waals surface area contributed by atoms with Crippen molar-refractivity contribution in [3.63, 3.8) is 0 Å². The van der Waals surface area contributed by atoms with E-state index in [0.717, 1.165) is 22.8 Å². The Morgan fingerprint density at radius 1 is 0.960 bits per heavy atom. The van der Waals surface area contributed by atoms with Crippen molar-refractivity contribution in [2.45, 2.75) is 19.8 Å². The van der Waals surface area contributed by atoms with Crippen LogP contribution in [0.4, 0.5) is 0 Å². The molecule has 0 aliphatic carbocycles. The first-order chi connectivity index (χ1) is 12.3. The summed E-state index contributed by atoms with van der Waals surface area (Å²) >= 11 is 1.85. The Morgan fingerprint density at radius 2 is 1.56 bits per heavy atom. The minimum atomic E-state index is 0.843. The van der Waals surface area contributed by atoms with Crippen LogP contribution in [0.5, 0.6) is 11.5 Å². The largest absolute Gasteiger partial charge is 0.497 e. The number of rotatable bonds is 7. The lowest BCUT2D eigenvalue weighted by Crippen LogP contribution is -1.86. The molecule has 0 atom stereocenters. The van der Waals surface area contributed by atoms with E-state index in [2.05, 4.69) is 30.9 Å². The molecule has 2 aromatic carbocycles. The van der Waals surface area contributed by atoms with Crippen LogP contribution < -0.4 is 9.47 Å². The van der Waals surface area contributed by atoms with Gasteiger partial charge in [0.15, 0.2) is 0 Å². The first-order valence-corrected chi connectivity index (χ1v) is 9.38. The number of thioether (sulfide) groups is 1. The zero-order valence-electron chi connectivity index (χ0n) is 15.0. The standard InChI is InChI=1S/C22H24O2S/c1-4-5-17-25-22(19-11-15-21(24-3)16-12-19)8-6-7-18-9-13-20(23-2)14-10-18/h8-16H,4-5,17H2,1-3H3/b22-8-. The molecule has 3 heteroatoms. The molecule has 0 heterocycles. The van der Waals surface area contributed by atoms with Gasteiger partial charge in [-0.3, -0.25) is 0 Å². The Hall–Kier alpha value is -2.31. The summed E-state index contributed by atoms with van der Waals surface area (Å²) in [5, 5.41) is 0. The van der Waals surface area contributed by atoms with Crippen molar-refractivity contribution in [1.82, 2.24) is 0 Å². The number of benzene rings is 2. The van der Waals surface area contributed by atoms with E-state index in [1.54, 1.807) is 14.2 Å². The predicted octanol–water partition coefficient (Wildman–Crippen LogP) is 5.63. The van der Waals surface area contributed by atoms with Crippen LogP contribution in [0.15, 0.2) is 54.6 Å². The fraction of sp³-hybridized carbons (Fsp3) is 0.273. The van der Waals surface area contributed by atoms with Gasteiger partial charge in [0, 0.05) is 16.5 Å². The topological polar surface area (TPSA) is 18.5 Å². The third-order valence-corrected chi connectivity index (χ3v) is 4.80. The van der Waals surface area contributed by atoms with Crippen LogP contribution in [0.3, 0.4) is 0 Å². The molecule has 0 unspecified atom stereocenters. The summed E-state index contributed by atoms with van der Waals surface area (Å²) < 4.78 is 10.4. The molecule has 130 valence electrons. The van der Waals surface area contributed by atoms with Crippen LogP contribution in [-0.4, -0.2) is 20.0 Å². The van der Waals surface area contributed by atoms with Gasteiger partial charge < -0.3 is 9.47 Å². The summed E-state index contributed by atoms with van der Waals surface area (Å²) in [6.07, 6.45) is 4.40. The average molecular weight is 352 g/mol. The molecule has 0 radical (unpaired) electrons. The highest BCUT2D eigenvalue weighted by molar-refractivity contribution is 8.08. The van der Waals surface area contributed by atoms with Gasteiger partial charge in [-0.1, -0.05) is 37.3 Å². The van der Waals surface area contributed by atoms with E-state index in [9.17, 15) is 0 Å². The van der Waals surface area contributed by atoms with E-state index < -0.39 is 0 Å². The zero-order chi connectivity index (χ0) is 17.9. The molecule has 0 aliphatic heterocycles. The van der Waals surface area contributed by atoms with Crippen molar-refractivity contribution >= 4 is 16.7 Å². The highest BCUT2D eigenvalue weighted by Gasteiger charge is 2.02. The van der Waals surface area contributed by atoms with Gasteiger partial charge in [-0.25, -0.2) is 0 Å². The molecular formula is C22H24O2S. The number of unbranched alkanes of at least 4 members (excludes halogenated alkanes) is 1. The van der Waals surface area contributed by atoms with Crippen molar-refractivity contribution in [1.29, 1.82) is 0 Å². The summed E-state index contributed by atoms with van der Waals surface area (Å²) in [6.45, 7) is 2.21.